The van der Waals surface area contributed by atoms with Crippen molar-refractivity contribution in [2.24, 2.45) is 0 Å². The number of fused-ring (bicyclic) bond motifs is 1. The van der Waals surface area contributed by atoms with Gasteiger partial charge in [-0.25, -0.2) is 0 Å². The van der Waals surface area contributed by atoms with Gasteiger partial charge in [-0.3, -0.25) is 14.5 Å². The summed E-state index contributed by atoms with van der Waals surface area (Å²) in [5.41, 5.74) is 3.30. The van der Waals surface area contributed by atoms with Gasteiger partial charge in [0.25, 0.3) is 11.8 Å². The van der Waals surface area contributed by atoms with E-state index in [0.717, 1.165) is 29.7 Å². The first-order chi connectivity index (χ1) is 11.7. The van der Waals surface area contributed by atoms with Crippen LogP contribution in [-0.4, -0.2) is 16.7 Å². The SMILES string of the molecule is O=C1C=CC(=O)N1[C@H]1CCc2ccc(OCc3ccccc3)cc21. The Morgan fingerprint density at radius 2 is 1.75 bits per heavy atom. The molecule has 0 bridgehead atoms. The second-order valence-electron chi connectivity index (χ2n) is 6.07. The Bertz CT molecular complexity index is 808. The Hall–Kier alpha value is -2.88. The number of amides is 2. The summed E-state index contributed by atoms with van der Waals surface area (Å²) in [6, 6.07) is 15.7. The zero-order valence-corrected chi connectivity index (χ0v) is 13.1. The fourth-order valence-corrected chi connectivity index (χ4v) is 3.38. The van der Waals surface area contributed by atoms with Crippen molar-refractivity contribution < 1.29 is 14.3 Å². The minimum atomic E-state index is -0.228. The fraction of sp³-hybridized carbons (Fsp3) is 0.200. The van der Waals surface area contributed by atoms with Gasteiger partial charge in [-0.15, -0.1) is 0 Å². The van der Waals surface area contributed by atoms with Crippen LogP contribution in [-0.2, 0) is 22.6 Å². The summed E-state index contributed by atoms with van der Waals surface area (Å²) in [5.74, 6) is 0.304. The highest BCUT2D eigenvalue weighted by molar-refractivity contribution is 6.13. The summed E-state index contributed by atoms with van der Waals surface area (Å²) in [7, 11) is 0. The zero-order valence-electron chi connectivity index (χ0n) is 13.1. The smallest absolute Gasteiger partial charge is 0.254 e. The summed E-state index contributed by atoms with van der Waals surface area (Å²) < 4.78 is 5.88. The number of hydrogen-bond donors (Lipinski definition) is 0. The Balaban J connectivity index is 1.55. The van der Waals surface area contributed by atoms with Crippen molar-refractivity contribution in [2.45, 2.75) is 25.5 Å². The molecule has 2 aliphatic rings. The van der Waals surface area contributed by atoms with Crippen LogP contribution in [0, 0.1) is 0 Å². The molecule has 1 atom stereocenters. The van der Waals surface area contributed by atoms with Gasteiger partial charge in [0.2, 0.25) is 0 Å². The first-order valence-electron chi connectivity index (χ1n) is 8.07. The molecule has 0 fully saturated rings. The highest BCUT2D eigenvalue weighted by Gasteiger charge is 2.36. The van der Waals surface area contributed by atoms with Gasteiger partial charge in [0.15, 0.2) is 0 Å². The minimum Gasteiger partial charge on any atom is -0.489 e. The molecule has 4 heteroatoms. The first-order valence-corrected chi connectivity index (χ1v) is 8.07. The third-order valence-corrected chi connectivity index (χ3v) is 4.57. The van der Waals surface area contributed by atoms with Crippen LogP contribution in [0.1, 0.15) is 29.2 Å². The van der Waals surface area contributed by atoms with Crippen LogP contribution < -0.4 is 4.74 Å². The maximum atomic E-state index is 12.0. The number of carbonyl (C=O) groups is 2. The molecule has 1 aliphatic heterocycles. The van der Waals surface area contributed by atoms with Gasteiger partial charge >= 0.3 is 0 Å². The van der Waals surface area contributed by atoms with E-state index in [1.54, 1.807) is 0 Å². The Morgan fingerprint density at radius 1 is 1.00 bits per heavy atom. The lowest BCUT2D eigenvalue weighted by molar-refractivity contribution is -0.139. The van der Waals surface area contributed by atoms with E-state index in [2.05, 4.69) is 0 Å². The number of hydrogen-bond acceptors (Lipinski definition) is 3. The molecule has 2 amide bonds. The van der Waals surface area contributed by atoms with Crippen LogP contribution >= 0.6 is 0 Å². The van der Waals surface area contributed by atoms with E-state index in [1.807, 2.05) is 48.5 Å². The van der Waals surface area contributed by atoms with Crippen molar-refractivity contribution in [1.82, 2.24) is 4.90 Å². The molecule has 4 rings (SSSR count). The molecule has 0 radical (unpaired) electrons. The summed E-state index contributed by atoms with van der Waals surface area (Å²) >= 11 is 0. The summed E-state index contributed by atoms with van der Waals surface area (Å²) in [6.45, 7) is 0.493. The summed E-state index contributed by atoms with van der Waals surface area (Å²) in [6.07, 6.45) is 4.33. The van der Waals surface area contributed by atoms with Crippen LogP contribution in [0.25, 0.3) is 0 Å². The largest absolute Gasteiger partial charge is 0.489 e. The molecule has 24 heavy (non-hydrogen) atoms. The second kappa shape index (κ2) is 5.96. The summed E-state index contributed by atoms with van der Waals surface area (Å²) in [4.78, 5) is 25.3. The van der Waals surface area contributed by atoms with Crippen LogP contribution in [0.2, 0.25) is 0 Å². The standard InChI is InChI=1S/C20H17NO3/c22-19-10-11-20(23)21(19)18-9-7-15-6-8-16(12-17(15)18)24-13-14-4-2-1-3-5-14/h1-6,8,10-12,18H,7,9,13H2/t18-/m0/s1. The van der Waals surface area contributed by atoms with Crippen LogP contribution in [0.4, 0.5) is 0 Å². The summed E-state index contributed by atoms with van der Waals surface area (Å²) in [5, 5.41) is 0. The van der Waals surface area contributed by atoms with E-state index < -0.39 is 0 Å². The minimum absolute atomic E-state index is 0.185. The normalized spacial score (nSPS) is 19.0. The van der Waals surface area contributed by atoms with Gasteiger partial charge < -0.3 is 4.74 Å². The monoisotopic (exact) mass is 319 g/mol. The molecular weight excluding hydrogens is 302 g/mol. The molecule has 2 aromatic rings. The highest BCUT2D eigenvalue weighted by Crippen LogP contribution is 2.39. The van der Waals surface area contributed by atoms with Crippen molar-refractivity contribution in [3.8, 4) is 5.75 Å². The first kappa shape index (κ1) is 14.7. The molecule has 0 unspecified atom stereocenters. The molecule has 0 saturated heterocycles. The Kier molecular flexibility index (Phi) is 3.65. The number of nitrogens with zero attached hydrogens (tertiary/aromatic N) is 1. The van der Waals surface area contributed by atoms with E-state index in [9.17, 15) is 9.59 Å². The molecule has 0 spiro atoms. The van der Waals surface area contributed by atoms with Crippen molar-refractivity contribution in [3.05, 3.63) is 77.4 Å². The highest BCUT2D eigenvalue weighted by atomic mass is 16.5. The molecular formula is C20H17NO3. The number of benzene rings is 2. The topological polar surface area (TPSA) is 46.6 Å². The zero-order chi connectivity index (χ0) is 16.5. The van der Waals surface area contributed by atoms with Gasteiger partial charge in [-0.05, 0) is 41.7 Å². The maximum absolute atomic E-state index is 12.0. The van der Waals surface area contributed by atoms with Crippen molar-refractivity contribution >= 4 is 11.8 Å². The molecule has 0 saturated carbocycles. The molecule has 0 aromatic heterocycles. The molecule has 2 aromatic carbocycles. The lowest BCUT2D eigenvalue weighted by Gasteiger charge is -2.23. The maximum Gasteiger partial charge on any atom is 0.254 e. The van der Waals surface area contributed by atoms with Gasteiger partial charge in [0, 0.05) is 12.2 Å². The Morgan fingerprint density at radius 3 is 2.50 bits per heavy atom. The van der Waals surface area contributed by atoms with E-state index >= 15 is 0 Å². The number of rotatable bonds is 4. The third-order valence-electron chi connectivity index (χ3n) is 4.57. The second-order valence-corrected chi connectivity index (χ2v) is 6.07. The van der Waals surface area contributed by atoms with Gasteiger partial charge in [-0.1, -0.05) is 36.4 Å². The average Bonchev–Trinajstić information content (AvgIpc) is 3.16. The van der Waals surface area contributed by atoms with Crippen LogP contribution in [0.5, 0.6) is 5.75 Å². The third kappa shape index (κ3) is 2.60. The molecule has 120 valence electrons. The molecule has 1 heterocycles. The van der Waals surface area contributed by atoms with E-state index in [0.29, 0.717) is 6.61 Å². The lowest BCUT2D eigenvalue weighted by atomic mass is 10.1. The van der Waals surface area contributed by atoms with Crippen LogP contribution in [0.15, 0.2) is 60.7 Å². The molecule has 0 N–H and O–H groups in total. The fourth-order valence-electron chi connectivity index (χ4n) is 3.38. The Labute approximate surface area is 140 Å². The lowest BCUT2D eigenvalue weighted by Crippen LogP contribution is -2.33. The van der Waals surface area contributed by atoms with Gasteiger partial charge in [0.1, 0.15) is 12.4 Å². The van der Waals surface area contributed by atoms with Crippen molar-refractivity contribution in [2.75, 3.05) is 0 Å². The van der Waals surface area contributed by atoms with Crippen molar-refractivity contribution in [1.29, 1.82) is 0 Å². The number of imide groups is 1. The molecule has 1 aliphatic carbocycles. The predicted octanol–water partition coefficient (Wildman–Crippen LogP) is 3.18. The van der Waals surface area contributed by atoms with Crippen LogP contribution in [0.3, 0.4) is 0 Å². The van der Waals surface area contributed by atoms with E-state index in [4.69, 9.17) is 4.74 Å². The van der Waals surface area contributed by atoms with Gasteiger partial charge in [0.05, 0.1) is 6.04 Å². The quantitative estimate of drug-likeness (QED) is 0.813. The number of carbonyl (C=O) groups excluding carboxylic acids is 2. The number of ether oxygens (including phenoxy) is 1. The van der Waals surface area contributed by atoms with E-state index in [-0.39, 0.29) is 17.9 Å². The average molecular weight is 319 g/mol. The van der Waals surface area contributed by atoms with Crippen molar-refractivity contribution in [3.63, 3.8) is 0 Å². The molecule has 4 nitrogen and oxygen atoms in total. The van der Waals surface area contributed by atoms with Gasteiger partial charge in [-0.2, -0.15) is 0 Å². The van der Waals surface area contributed by atoms with E-state index in [1.165, 1.54) is 22.6 Å². The predicted molar refractivity (Wildman–Crippen MR) is 89.3 cm³/mol. The number of aryl methyl sites for hydroxylation is 1.